The van der Waals surface area contributed by atoms with Crippen LogP contribution >= 0.6 is 0 Å². The smallest absolute Gasteiger partial charge is 0.294 e. The van der Waals surface area contributed by atoms with E-state index in [4.69, 9.17) is 0 Å². The maximum Gasteiger partial charge on any atom is 0.490 e. The summed E-state index contributed by atoms with van der Waals surface area (Å²) in [5.74, 6) is -0.635. The SMILES string of the molecule is O=Cc1nc2ccccc2n1C(F)(F)F. The van der Waals surface area contributed by atoms with Crippen LogP contribution in [-0.2, 0) is 6.30 Å². The summed E-state index contributed by atoms with van der Waals surface area (Å²) in [7, 11) is 0. The van der Waals surface area contributed by atoms with Crippen molar-refractivity contribution >= 4 is 17.3 Å². The number of aldehydes is 1. The molecule has 0 bridgehead atoms. The molecule has 1 aromatic carbocycles. The lowest BCUT2D eigenvalue weighted by atomic mass is 10.3. The highest BCUT2D eigenvalue weighted by Crippen LogP contribution is 2.28. The zero-order valence-electron chi connectivity index (χ0n) is 7.32. The standard InChI is InChI=1S/C9H5F3N2O/c10-9(11,12)14-7-4-2-1-3-6(7)13-8(14)5-15/h1-5H. The van der Waals surface area contributed by atoms with Crippen LogP contribution in [0.5, 0.6) is 0 Å². The van der Waals surface area contributed by atoms with Crippen molar-refractivity contribution in [3.05, 3.63) is 30.1 Å². The molecule has 2 aromatic rings. The van der Waals surface area contributed by atoms with E-state index in [0.29, 0.717) is 0 Å². The Morgan fingerprint density at radius 2 is 1.93 bits per heavy atom. The Bertz CT molecular complexity index is 516. The van der Waals surface area contributed by atoms with Crippen molar-refractivity contribution in [3.63, 3.8) is 0 Å². The van der Waals surface area contributed by atoms with Gasteiger partial charge in [-0.3, -0.25) is 4.79 Å². The Kier molecular flexibility index (Phi) is 1.99. The third kappa shape index (κ3) is 1.47. The van der Waals surface area contributed by atoms with E-state index in [1.165, 1.54) is 18.2 Å². The summed E-state index contributed by atoms with van der Waals surface area (Å²) < 4.78 is 37.7. The summed E-state index contributed by atoms with van der Waals surface area (Å²) in [5, 5.41) is 0. The lowest BCUT2D eigenvalue weighted by Crippen LogP contribution is -2.19. The van der Waals surface area contributed by atoms with E-state index >= 15 is 0 Å². The molecule has 1 aromatic heterocycles. The van der Waals surface area contributed by atoms with Gasteiger partial charge in [0.2, 0.25) is 0 Å². The molecule has 1 heterocycles. The molecule has 2 rings (SSSR count). The predicted octanol–water partition coefficient (Wildman–Crippen LogP) is 2.33. The fraction of sp³-hybridized carbons (Fsp3) is 0.111. The van der Waals surface area contributed by atoms with Crippen LogP contribution in [0, 0.1) is 0 Å². The second-order valence-corrected chi connectivity index (χ2v) is 2.88. The minimum atomic E-state index is -4.63. The van der Waals surface area contributed by atoms with E-state index in [-0.39, 0.29) is 21.9 Å². The number of halogens is 3. The average molecular weight is 214 g/mol. The number of para-hydroxylation sites is 2. The number of benzene rings is 1. The van der Waals surface area contributed by atoms with Crippen LogP contribution in [0.25, 0.3) is 11.0 Å². The minimum absolute atomic E-state index is 0.0324. The largest absolute Gasteiger partial charge is 0.490 e. The molecule has 0 N–H and O–H groups in total. The first-order valence-corrected chi connectivity index (χ1v) is 4.04. The molecule has 0 saturated heterocycles. The molecule has 15 heavy (non-hydrogen) atoms. The number of hydrogen-bond acceptors (Lipinski definition) is 2. The van der Waals surface area contributed by atoms with Gasteiger partial charge >= 0.3 is 6.30 Å². The Balaban J connectivity index is 2.84. The third-order valence-electron chi connectivity index (χ3n) is 1.95. The van der Waals surface area contributed by atoms with E-state index in [2.05, 4.69) is 4.98 Å². The first-order chi connectivity index (χ1) is 7.04. The molecular formula is C9H5F3N2O. The predicted molar refractivity (Wildman–Crippen MR) is 46.4 cm³/mol. The van der Waals surface area contributed by atoms with Crippen molar-refractivity contribution in [1.82, 2.24) is 9.55 Å². The van der Waals surface area contributed by atoms with Crippen molar-refractivity contribution in [3.8, 4) is 0 Å². The molecule has 3 nitrogen and oxygen atoms in total. The van der Waals surface area contributed by atoms with E-state index in [1.54, 1.807) is 6.07 Å². The van der Waals surface area contributed by atoms with Crippen molar-refractivity contribution in [2.24, 2.45) is 0 Å². The number of aromatic nitrogens is 2. The number of carbonyl (C=O) groups excluding carboxylic acids is 1. The van der Waals surface area contributed by atoms with Crippen LogP contribution in [0.4, 0.5) is 13.2 Å². The van der Waals surface area contributed by atoms with Gasteiger partial charge in [0, 0.05) is 0 Å². The lowest BCUT2D eigenvalue weighted by molar-refractivity contribution is -0.201. The molecule has 0 fully saturated rings. The highest BCUT2D eigenvalue weighted by Gasteiger charge is 2.35. The van der Waals surface area contributed by atoms with Gasteiger partial charge in [0.25, 0.3) is 0 Å². The first-order valence-electron chi connectivity index (χ1n) is 4.04. The van der Waals surface area contributed by atoms with Gasteiger partial charge in [0.05, 0.1) is 11.0 Å². The van der Waals surface area contributed by atoms with Crippen LogP contribution in [0.1, 0.15) is 10.6 Å². The van der Waals surface area contributed by atoms with E-state index in [0.717, 1.165) is 0 Å². The summed E-state index contributed by atoms with van der Waals surface area (Å²) in [6, 6.07) is 5.71. The van der Waals surface area contributed by atoms with Gasteiger partial charge in [-0.25, -0.2) is 9.55 Å². The van der Waals surface area contributed by atoms with E-state index < -0.39 is 12.1 Å². The summed E-state index contributed by atoms with van der Waals surface area (Å²) >= 11 is 0. The Hall–Kier alpha value is -1.85. The molecule has 0 saturated carbocycles. The second kappa shape index (κ2) is 3.08. The number of rotatable bonds is 1. The Morgan fingerprint density at radius 1 is 1.27 bits per heavy atom. The zero-order valence-corrected chi connectivity index (χ0v) is 7.32. The van der Waals surface area contributed by atoms with Gasteiger partial charge in [-0.2, -0.15) is 0 Å². The molecule has 0 atom stereocenters. The van der Waals surface area contributed by atoms with E-state index in [9.17, 15) is 18.0 Å². The van der Waals surface area contributed by atoms with Crippen molar-refractivity contribution in [2.45, 2.75) is 6.30 Å². The maximum atomic E-state index is 12.6. The monoisotopic (exact) mass is 214 g/mol. The molecule has 0 amide bonds. The van der Waals surface area contributed by atoms with Crippen molar-refractivity contribution < 1.29 is 18.0 Å². The molecule has 0 aliphatic carbocycles. The lowest BCUT2D eigenvalue weighted by Gasteiger charge is -2.09. The van der Waals surface area contributed by atoms with Crippen molar-refractivity contribution in [2.75, 3.05) is 0 Å². The van der Waals surface area contributed by atoms with Crippen LogP contribution in [-0.4, -0.2) is 15.8 Å². The second-order valence-electron chi connectivity index (χ2n) is 2.88. The summed E-state index contributed by atoms with van der Waals surface area (Å²) in [6.45, 7) is 0. The topological polar surface area (TPSA) is 34.9 Å². The van der Waals surface area contributed by atoms with Crippen molar-refractivity contribution in [1.29, 1.82) is 0 Å². The number of fused-ring (bicyclic) bond motifs is 1. The normalized spacial score (nSPS) is 11.9. The van der Waals surface area contributed by atoms with Crippen LogP contribution < -0.4 is 0 Å². The highest BCUT2D eigenvalue weighted by atomic mass is 19.4. The molecule has 78 valence electrons. The third-order valence-corrected chi connectivity index (χ3v) is 1.95. The molecule has 0 aliphatic rings. The van der Waals surface area contributed by atoms with Gasteiger partial charge < -0.3 is 0 Å². The van der Waals surface area contributed by atoms with Crippen LogP contribution in [0.2, 0.25) is 0 Å². The fourth-order valence-electron chi connectivity index (χ4n) is 1.39. The summed E-state index contributed by atoms with van der Waals surface area (Å²) in [5.41, 5.74) is 0.0315. The van der Waals surface area contributed by atoms with Gasteiger partial charge in [-0.05, 0) is 12.1 Å². The van der Waals surface area contributed by atoms with Crippen LogP contribution in [0.15, 0.2) is 24.3 Å². The molecule has 0 spiro atoms. The number of alkyl halides is 3. The maximum absolute atomic E-state index is 12.6. The fourth-order valence-corrected chi connectivity index (χ4v) is 1.39. The zero-order chi connectivity index (χ0) is 11.1. The average Bonchev–Trinajstić information content (AvgIpc) is 2.54. The Labute approximate surface area is 82.1 Å². The van der Waals surface area contributed by atoms with E-state index in [1.807, 2.05) is 0 Å². The number of nitrogens with zero attached hydrogens (tertiary/aromatic N) is 2. The van der Waals surface area contributed by atoms with Gasteiger partial charge in [0.1, 0.15) is 0 Å². The minimum Gasteiger partial charge on any atom is -0.294 e. The quantitative estimate of drug-likeness (QED) is 0.683. The molecule has 6 heteroatoms. The molecular weight excluding hydrogens is 209 g/mol. The first kappa shape index (κ1) is 9.70. The van der Waals surface area contributed by atoms with Crippen LogP contribution in [0.3, 0.4) is 0 Å². The highest BCUT2D eigenvalue weighted by molar-refractivity contribution is 5.83. The summed E-state index contributed by atoms with van der Waals surface area (Å²) in [4.78, 5) is 14.0. The number of imidazole rings is 1. The Morgan fingerprint density at radius 3 is 2.53 bits per heavy atom. The van der Waals surface area contributed by atoms with Gasteiger partial charge in [-0.15, -0.1) is 13.2 Å². The van der Waals surface area contributed by atoms with Gasteiger partial charge in [-0.1, -0.05) is 12.1 Å². The number of carbonyl (C=O) groups is 1. The molecule has 0 aliphatic heterocycles. The molecule has 0 radical (unpaired) electrons. The summed E-state index contributed by atoms with van der Waals surface area (Å²) in [6.07, 6.45) is -4.54. The number of hydrogen-bond donors (Lipinski definition) is 0. The van der Waals surface area contributed by atoms with Gasteiger partial charge in [0.15, 0.2) is 12.1 Å². The molecule has 0 unspecified atom stereocenters.